The zero-order valence-corrected chi connectivity index (χ0v) is 13.2. The van der Waals surface area contributed by atoms with Crippen LogP contribution in [-0.2, 0) is 23.2 Å². The Morgan fingerprint density at radius 3 is 2.60 bits per heavy atom. The summed E-state index contributed by atoms with van der Waals surface area (Å²) in [6.45, 7) is 0.325. The van der Waals surface area contributed by atoms with E-state index in [4.69, 9.17) is 5.11 Å². The van der Waals surface area contributed by atoms with Gasteiger partial charge in [0, 0.05) is 22.3 Å². The predicted octanol–water partition coefficient (Wildman–Crippen LogP) is 2.66. The molecule has 2 heterocycles. The molecule has 1 fully saturated rings. The normalized spacial score (nSPS) is 15.9. The molecule has 2 aromatic heterocycles. The quantitative estimate of drug-likeness (QED) is 0.886. The van der Waals surface area contributed by atoms with Crippen LogP contribution in [0.3, 0.4) is 0 Å². The molecule has 20 heavy (non-hydrogen) atoms. The van der Waals surface area contributed by atoms with Gasteiger partial charge < -0.3 is 5.11 Å². The second-order valence-corrected chi connectivity index (χ2v) is 9.06. The van der Waals surface area contributed by atoms with E-state index in [-0.39, 0.29) is 12.6 Å². The maximum Gasteiger partial charge on any atom is 0.253 e. The third-order valence-electron chi connectivity index (χ3n) is 3.20. The number of nitrogens with zero attached hydrogens (tertiary/aromatic N) is 1. The molecular weight excluding hydrogens is 314 g/mol. The Morgan fingerprint density at radius 1 is 1.25 bits per heavy atom. The average molecular weight is 329 g/mol. The minimum absolute atomic E-state index is 0.117. The molecule has 0 unspecified atom stereocenters. The molecule has 1 aliphatic carbocycles. The molecule has 0 radical (unpaired) electrons. The van der Waals surface area contributed by atoms with Crippen molar-refractivity contribution >= 4 is 32.7 Å². The van der Waals surface area contributed by atoms with E-state index < -0.39 is 10.0 Å². The largest absolute Gasteiger partial charge is 0.391 e. The van der Waals surface area contributed by atoms with Gasteiger partial charge in [-0.25, -0.2) is 8.42 Å². The molecule has 0 bridgehead atoms. The lowest BCUT2D eigenvalue weighted by Crippen LogP contribution is -2.31. The number of sulfonamides is 1. The molecule has 7 heteroatoms. The van der Waals surface area contributed by atoms with Crippen LogP contribution in [0.1, 0.15) is 22.6 Å². The Labute approximate surface area is 126 Å². The van der Waals surface area contributed by atoms with Gasteiger partial charge in [-0.3, -0.25) is 0 Å². The molecule has 2 aromatic rings. The SMILES string of the molecule is O=S(=O)(c1ccc(CO)s1)N(Cc1cccs1)C1CC1. The predicted molar refractivity (Wildman–Crippen MR) is 80.3 cm³/mol. The highest BCUT2D eigenvalue weighted by Gasteiger charge is 2.38. The topological polar surface area (TPSA) is 57.6 Å². The highest BCUT2D eigenvalue weighted by atomic mass is 32.2. The summed E-state index contributed by atoms with van der Waals surface area (Å²) in [5, 5.41) is 11.0. The third-order valence-corrected chi connectivity index (χ3v) is 7.50. The Kier molecular flexibility index (Phi) is 3.96. The highest BCUT2D eigenvalue weighted by molar-refractivity contribution is 7.91. The summed E-state index contributed by atoms with van der Waals surface area (Å²) in [5.41, 5.74) is 0. The Morgan fingerprint density at radius 2 is 2.05 bits per heavy atom. The van der Waals surface area contributed by atoms with Crippen molar-refractivity contribution in [3.8, 4) is 0 Å². The minimum atomic E-state index is -3.46. The van der Waals surface area contributed by atoms with Crippen molar-refractivity contribution in [3.05, 3.63) is 39.4 Å². The lowest BCUT2D eigenvalue weighted by atomic mass is 10.4. The van der Waals surface area contributed by atoms with Gasteiger partial charge >= 0.3 is 0 Å². The van der Waals surface area contributed by atoms with Crippen molar-refractivity contribution in [2.75, 3.05) is 0 Å². The third kappa shape index (κ3) is 2.82. The molecule has 4 nitrogen and oxygen atoms in total. The molecular formula is C13H15NO3S3. The van der Waals surface area contributed by atoms with Gasteiger partial charge in [-0.2, -0.15) is 4.31 Å². The fraction of sp³-hybridized carbons (Fsp3) is 0.385. The first-order chi connectivity index (χ1) is 9.61. The second kappa shape index (κ2) is 5.57. The van der Waals surface area contributed by atoms with Crippen LogP contribution < -0.4 is 0 Å². The first-order valence-corrected chi connectivity index (χ1v) is 9.48. The maximum absolute atomic E-state index is 12.7. The van der Waals surface area contributed by atoms with Crippen LogP contribution in [0.5, 0.6) is 0 Å². The maximum atomic E-state index is 12.7. The van der Waals surface area contributed by atoms with Crippen LogP contribution in [0.2, 0.25) is 0 Å². The van der Waals surface area contributed by atoms with E-state index in [0.717, 1.165) is 29.1 Å². The fourth-order valence-electron chi connectivity index (χ4n) is 2.03. The highest BCUT2D eigenvalue weighted by Crippen LogP contribution is 2.36. The fourth-order valence-corrected chi connectivity index (χ4v) is 5.82. The number of rotatable bonds is 6. The van der Waals surface area contributed by atoms with E-state index >= 15 is 0 Å². The van der Waals surface area contributed by atoms with Crippen LogP contribution in [0.15, 0.2) is 33.9 Å². The van der Waals surface area contributed by atoms with Gasteiger partial charge in [0.2, 0.25) is 0 Å². The first-order valence-electron chi connectivity index (χ1n) is 6.35. The Balaban J connectivity index is 1.89. The molecule has 1 N–H and O–H groups in total. The monoisotopic (exact) mass is 329 g/mol. The lowest BCUT2D eigenvalue weighted by Gasteiger charge is -2.20. The number of aliphatic hydroxyl groups is 1. The van der Waals surface area contributed by atoms with Gasteiger partial charge in [-0.15, -0.1) is 22.7 Å². The van der Waals surface area contributed by atoms with Crippen molar-refractivity contribution in [3.63, 3.8) is 0 Å². The summed E-state index contributed by atoms with van der Waals surface area (Å²) in [5.74, 6) is 0. The van der Waals surface area contributed by atoms with E-state index in [1.165, 1.54) is 0 Å². The number of aliphatic hydroxyl groups excluding tert-OH is 1. The van der Waals surface area contributed by atoms with Gasteiger partial charge in [-0.1, -0.05) is 6.07 Å². The smallest absolute Gasteiger partial charge is 0.253 e. The van der Waals surface area contributed by atoms with Crippen molar-refractivity contribution < 1.29 is 13.5 Å². The summed E-state index contributed by atoms with van der Waals surface area (Å²) in [4.78, 5) is 1.73. The molecule has 0 saturated heterocycles. The van der Waals surface area contributed by atoms with Crippen molar-refractivity contribution in [1.82, 2.24) is 4.31 Å². The summed E-state index contributed by atoms with van der Waals surface area (Å²) in [6, 6.07) is 7.29. The Bertz CT molecular complexity index is 672. The van der Waals surface area contributed by atoms with Gasteiger partial charge in [0.15, 0.2) is 0 Å². The standard InChI is InChI=1S/C13H15NO3S3/c15-9-12-5-6-13(19-12)20(16,17)14(10-3-4-10)8-11-2-1-7-18-11/h1-2,5-7,10,15H,3-4,8-9H2. The van der Waals surface area contributed by atoms with Crippen molar-refractivity contribution in [2.45, 2.75) is 36.2 Å². The molecule has 108 valence electrons. The molecule has 0 aromatic carbocycles. The number of hydrogen-bond acceptors (Lipinski definition) is 5. The Hall–Kier alpha value is -0.730. The zero-order valence-electron chi connectivity index (χ0n) is 10.7. The van der Waals surface area contributed by atoms with Gasteiger partial charge in [0.05, 0.1) is 6.61 Å². The molecule has 1 aliphatic rings. The summed E-state index contributed by atoms with van der Waals surface area (Å²) in [7, 11) is -3.46. The van der Waals surface area contributed by atoms with E-state index in [1.54, 1.807) is 27.8 Å². The molecule has 3 rings (SSSR count). The average Bonchev–Trinajstić information content (AvgIpc) is 2.96. The van der Waals surface area contributed by atoms with Crippen molar-refractivity contribution in [2.24, 2.45) is 0 Å². The van der Waals surface area contributed by atoms with Crippen LogP contribution >= 0.6 is 22.7 Å². The first kappa shape index (κ1) is 14.2. The minimum Gasteiger partial charge on any atom is -0.391 e. The van der Waals surface area contributed by atoms with E-state index in [9.17, 15) is 8.42 Å². The molecule has 0 atom stereocenters. The van der Waals surface area contributed by atoms with Crippen LogP contribution in [0, 0.1) is 0 Å². The van der Waals surface area contributed by atoms with Crippen LogP contribution in [0.4, 0.5) is 0 Å². The van der Waals surface area contributed by atoms with Crippen LogP contribution in [0.25, 0.3) is 0 Å². The molecule has 0 spiro atoms. The summed E-state index contributed by atoms with van der Waals surface area (Å²) >= 11 is 2.72. The molecule has 0 amide bonds. The number of thiophene rings is 2. The van der Waals surface area contributed by atoms with Gasteiger partial charge in [0.1, 0.15) is 4.21 Å². The van der Waals surface area contributed by atoms with Crippen LogP contribution in [-0.4, -0.2) is 23.9 Å². The van der Waals surface area contributed by atoms with Gasteiger partial charge in [0.25, 0.3) is 10.0 Å². The van der Waals surface area contributed by atoms with E-state index in [1.807, 2.05) is 17.5 Å². The number of hydrogen-bond donors (Lipinski definition) is 1. The van der Waals surface area contributed by atoms with Gasteiger partial charge in [-0.05, 0) is 36.4 Å². The molecule has 0 aliphatic heterocycles. The van der Waals surface area contributed by atoms with Crippen molar-refractivity contribution in [1.29, 1.82) is 0 Å². The van der Waals surface area contributed by atoms with E-state index in [2.05, 4.69) is 0 Å². The lowest BCUT2D eigenvalue weighted by molar-refractivity contribution is 0.285. The zero-order chi connectivity index (χ0) is 14.2. The van der Waals surface area contributed by atoms with E-state index in [0.29, 0.717) is 15.6 Å². The summed E-state index contributed by atoms with van der Waals surface area (Å²) < 4.78 is 27.4. The molecule has 1 saturated carbocycles. The summed E-state index contributed by atoms with van der Waals surface area (Å²) in [6.07, 6.45) is 1.87. The second-order valence-electron chi connectivity index (χ2n) is 4.74.